The largest absolute Gasteiger partial charge is 0.458 e. The van der Waals surface area contributed by atoms with Crippen molar-refractivity contribution in [3.63, 3.8) is 0 Å². The average molecular weight is 331 g/mol. The Morgan fingerprint density at radius 2 is 1.90 bits per heavy atom. The van der Waals surface area contributed by atoms with Crippen LogP contribution in [0.15, 0.2) is 30.3 Å². The normalized spacial score (nSPS) is 13.0. The van der Waals surface area contributed by atoms with Gasteiger partial charge in [-0.25, -0.2) is 4.79 Å². The van der Waals surface area contributed by atoms with E-state index < -0.39 is 18.3 Å². The van der Waals surface area contributed by atoms with Crippen LogP contribution in [-0.4, -0.2) is 31.8 Å². The number of hydrogen-bond acceptors (Lipinski definition) is 6. The Morgan fingerprint density at radius 3 is 2.48 bits per heavy atom. The van der Waals surface area contributed by atoms with Crippen molar-refractivity contribution in [3.05, 3.63) is 35.9 Å². The number of carbonyl (C=O) groups excluding carboxylic acids is 2. The fourth-order valence-corrected chi connectivity index (χ4v) is 2.74. The minimum absolute atomic E-state index is 0.0207. The van der Waals surface area contributed by atoms with E-state index in [1.807, 2.05) is 30.3 Å². The van der Waals surface area contributed by atoms with E-state index in [9.17, 15) is 9.59 Å². The summed E-state index contributed by atoms with van der Waals surface area (Å²) >= 11 is 5.26. The third-order valence-corrected chi connectivity index (χ3v) is 5.45. The highest BCUT2D eigenvalue weighted by Crippen LogP contribution is 2.45. The second-order valence-electron chi connectivity index (χ2n) is 4.16. The van der Waals surface area contributed by atoms with Crippen molar-refractivity contribution in [2.75, 3.05) is 19.7 Å². The molecule has 6 nitrogen and oxygen atoms in total. The molecule has 0 aliphatic rings. The van der Waals surface area contributed by atoms with Gasteiger partial charge in [0.1, 0.15) is 19.2 Å². The van der Waals surface area contributed by atoms with Gasteiger partial charge in [-0.3, -0.25) is 4.79 Å². The number of nitrogens with one attached hydrogen (secondary N) is 1. The van der Waals surface area contributed by atoms with Gasteiger partial charge in [0.15, 0.2) is 0 Å². The number of esters is 1. The average Bonchev–Trinajstić information content (AvgIpc) is 2.50. The smallest absolute Gasteiger partial charge is 0.407 e. The lowest BCUT2D eigenvalue weighted by Gasteiger charge is -2.19. The molecule has 0 bridgehead atoms. The van der Waals surface area contributed by atoms with Crippen LogP contribution in [0.25, 0.3) is 0 Å². The van der Waals surface area contributed by atoms with Gasteiger partial charge in [0, 0.05) is 14.0 Å². The molecule has 0 fully saturated rings. The predicted molar refractivity (Wildman–Crippen MR) is 82.6 cm³/mol. The third kappa shape index (κ3) is 7.22. The summed E-state index contributed by atoms with van der Waals surface area (Å²) in [6.07, 6.45) is -2.94. The topological polar surface area (TPSA) is 73.9 Å². The first-order valence-corrected chi connectivity index (χ1v) is 9.26. The first-order chi connectivity index (χ1) is 9.95. The van der Waals surface area contributed by atoms with Gasteiger partial charge < -0.3 is 19.3 Å². The molecule has 1 amide bonds. The number of benzene rings is 1. The lowest BCUT2D eigenvalue weighted by atomic mass is 10.2. The summed E-state index contributed by atoms with van der Waals surface area (Å²) in [5.74, 6) is -0.437. The summed E-state index contributed by atoms with van der Waals surface area (Å²) in [6, 6.07) is 9.31. The molecule has 0 radical (unpaired) electrons. The third-order valence-electron chi connectivity index (χ3n) is 2.47. The van der Waals surface area contributed by atoms with Crippen LogP contribution < -0.4 is 5.32 Å². The molecule has 1 rings (SSSR count). The van der Waals surface area contributed by atoms with Crippen LogP contribution in [0.4, 0.5) is 4.79 Å². The van der Waals surface area contributed by atoms with E-state index in [1.54, 1.807) is 0 Å². The lowest BCUT2D eigenvalue weighted by molar-refractivity contribution is -0.139. The molecular formula is C13H18NO5PS. The van der Waals surface area contributed by atoms with Crippen molar-refractivity contribution in [2.45, 2.75) is 13.5 Å². The SMILES string of the molecule is COP(=S)(CNC(=O)OCc1ccccc1)COC(C)=O. The second kappa shape index (κ2) is 8.77. The molecule has 1 aromatic carbocycles. The summed E-state index contributed by atoms with van der Waals surface area (Å²) < 4.78 is 15.1. The fraction of sp³-hybridized carbons (Fsp3) is 0.385. The maximum absolute atomic E-state index is 11.6. The van der Waals surface area contributed by atoms with Crippen LogP contribution in [0.5, 0.6) is 0 Å². The van der Waals surface area contributed by atoms with Crippen molar-refractivity contribution < 1.29 is 23.6 Å². The number of rotatable bonds is 7. The Morgan fingerprint density at radius 1 is 1.24 bits per heavy atom. The van der Waals surface area contributed by atoms with Crippen LogP contribution in [-0.2, 0) is 37.2 Å². The van der Waals surface area contributed by atoms with Gasteiger partial charge >= 0.3 is 12.1 Å². The van der Waals surface area contributed by atoms with Gasteiger partial charge in [0.25, 0.3) is 0 Å². The first kappa shape index (κ1) is 17.6. The minimum Gasteiger partial charge on any atom is -0.458 e. The Labute approximate surface area is 128 Å². The number of carbonyl (C=O) groups is 2. The molecule has 0 saturated carbocycles. The molecular weight excluding hydrogens is 313 g/mol. The Balaban J connectivity index is 2.36. The fourth-order valence-electron chi connectivity index (χ4n) is 1.31. The summed E-state index contributed by atoms with van der Waals surface area (Å²) in [7, 11) is 1.43. The molecule has 1 aromatic rings. The van der Waals surface area contributed by atoms with Gasteiger partial charge in [-0.1, -0.05) is 42.1 Å². The molecule has 1 N–H and O–H groups in total. The standard InChI is InChI=1S/C13H18NO5PS/c1-11(15)19-10-20(21,17-2)9-14-13(16)18-8-12-6-4-3-5-7-12/h3-7H,8-10H2,1-2H3,(H,14,16). The number of alkyl carbamates (subject to hydrolysis) is 1. The van der Waals surface area contributed by atoms with E-state index >= 15 is 0 Å². The van der Waals surface area contributed by atoms with Crippen LogP contribution in [0.3, 0.4) is 0 Å². The number of amides is 1. The Kier molecular flexibility index (Phi) is 7.36. The molecule has 0 aliphatic carbocycles. The zero-order chi connectivity index (χ0) is 15.7. The highest BCUT2D eigenvalue weighted by atomic mass is 32.4. The molecule has 1 atom stereocenters. The molecule has 0 saturated heterocycles. The van der Waals surface area contributed by atoms with Gasteiger partial charge in [0.05, 0.1) is 6.29 Å². The quantitative estimate of drug-likeness (QED) is 0.611. The molecule has 0 aromatic heterocycles. The van der Waals surface area contributed by atoms with Gasteiger partial charge in [-0.05, 0) is 5.56 Å². The van der Waals surface area contributed by atoms with E-state index in [0.29, 0.717) is 0 Å². The van der Waals surface area contributed by atoms with E-state index in [2.05, 4.69) is 5.32 Å². The van der Waals surface area contributed by atoms with Gasteiger partial charge in [-0.2, -0.15) is 0 Å². The van der Waals surface area contributed by atoms with Crippen molar-refractivity contribution in [3.8, 4) is 0 Å². The summed E-state index contributed by atoms with van der Waals surface area (Å²) in [6.45, 7) is 1.46. The van der Waals surface area contributed by atoms with Crippen molar-refractivity contribution >= 4 is 30.1 Å². The van der Waals surface area contributed by atoms with Gasteiger partial charge in [0.2, 0.25) is 0 Å². The molecule has 1 unspecified atom stereocenters. The Hall–Kier alpha value is -1.43. The highest BCUT2D eigenvalue weighted by molar-refractivity contribution is 8.12. The molecule has 0 spiro atoms. The number of hydrogen-bond donors (Lipinski definition) is 1. The van der Waals surface area contributed by atoms with Gasteiger partial charge in [-0.15, -0.1) is 0 Å². The monoisotopic (exact) mass is 331 g/mol. The van der Waals surface area contributed by atoms with Crippen molar-refractivity contribution in [1.29, 1.82) is 0 Å². The highest BCUT2D eigenvalue weighted by Gasteiger charge is 2.19. The Bertz CT molecular complexity index is 523. The predicted octanol–water partition coefficient (Wildman–Crippen LogP) is 2.43. The van der Waals surface area contributed by atoms with Crippen LogP contribution in [0.1, 0.15) is 12.5 Å². The van der Waals surface area contributed by atoms with E-state index in [-0.39, 0.29) is 19.2 Å². The summed E-state index contributed by atoms with van der Waals surface area (Å²) in [5.41, 5.74) is 0.888. The minimum atomic E-state index is -2.43. The molecule has 116 valence electrons. The molecule has 0 aliphatic heterocycles. The van der Waals surface area contributed by atoms with Crippen LogP contribution in [0.2, 0.25) is 0 Å². The number of ether oxygens (including phenoxy) is 2. The van der Waals surface area contributed by atoms with Crippen molar-refractivity contribution in [1.82, 2.24) is 5.32 Å². The van der Waals surface area contributed by atoms with Crippen molar-refractivity contribution in [2.24, 2.45) is 0 Å². The molecule has 21 heavy (non-hydrogen) atoms. The van der Waals surface area contributed by atoms with Crippen LogP contribution in [0, 0.1) is 0 Å². The second-order valence-corrected chi connectivity index (χ2v) is 8.72. The van der Waals surface area contributed by atoms with E-state index in [4.69, 9.17) is 25.8 Å². The van der Waals surface area contributed by atoms with E-state index in [1.165, 1.54) is 14.0 Å². The maximum Gasteiger partial charge on any atom is 0.407 e. The molecule has 8 heteroatoms. The summed E-state index contributed by atoms with van der Waals surface area (Å²) in [4.78, 5) is 22.4. The lowest BCUT2D eigenvalue weighted by Crippen LogP contribution is -2.26. The maximum atomic E-state index is 11.6. The van der Waals surface area contributed by atoms with E-state index in [0.717, 1.165) is 5.56 Å². The zero-order valence-electron chi connectivity index (χ0n) is 11.9. The summed E-state index contributed by atoms with van der Waals surface area (Å²) in [5, 5.41) is 2.54. The zero-order valence-corrected chi connectivity index (χ0v) is 13.6. The molecule has 0 heterocycles. The first-order valence-electron chi connectivity index (χ1n) is 6.17. The van der Waals surface area contributed by atoms with Crippen LogP contribution >= 0.6 is 6.26 Å².